The van der Waals surface area contributed by atoms with Crippen molar-refractivity contribution in [3.8, 4) is 17.2 Å². The van der Waals surface area contributed by atoms with Crippen LogP contribution in [0.3, 0.4) is 0 Å². The van der Waals surface area contributed by atoms with E-state index in [0.29, 0.717) is 22.9 Å². The predicted octanol–water partition coefficient (Wildman–Crippen LogP) is 3.08. The number of nitrogens with one attached hydrogen (secondary N) is 1. The number of anilines is 2. The highest BCUT2D eigenvalue weighted by atomic mass is 16.5. The van der Waals surface area contributed by atoms with Gasteiger partial charge in [-0.05, 0) is 36.4 Å². The zero-order chi connectivity index (χ0) is 16.1. The molecule has 0 saturated carbocycles. The fraction of sp³-hybridized carbons (Fsp3) is 0.188. The van der Waals surface area contributed by atoms with Gasteiger partial charge >= 0.3 is 6.03 Å². The van der Waals surface area contributed by atoms with E-state index in [-0.39, 0.29) is 11.8 Å². The molecule has 2 N–H and O–H groups in total. The first kappa shape index (κ1) is 15.5. The molecule has 0 aliphatic carbocycles. The Morgan fingerprint density at radius 3 is 2.27 bits per heavy atom. The first-order chi connectivity index (χ1) is 10.5. The quantitative estimate of drug-likeness (QED) is 0.910. The van der Waals surface area contributed by atoms with Crippen LogP contribution < -0.4 is 19.7 Å². The van der Waals surface area contributed by atoms with Crippen molar-refractivity contribution >= 4 is 17.4 Å². The Bertz CT molecular complexity index is 656. The maximum absolute atomic E-state index is 12.2. The lowest BCUT2D eigenvalue weighted by molar-refractivity contribution is 0.258. The molecule has 0 radical (unpaired) electrons. The van der Waals surface area contributed by atoms with Crippen molar-refractivity contribution in [2.75, 3.05) is 31.5 Å². The van der Waals surface area contributed by atoms with Crippen molar-refractivity contribution in [1.82, 2.24) is 0 Å². The monoisotopic (exact) mass is 302 g/mol. The summed E-state index contributed by atoms with van der Waals surface area (Å²) in [6, 6.07) is 11.2. The van der Waals surface area contributed by atoms with E-state index in [0.717, 1.165) is 0 Å². The van der Waals surface area contributed by atoms with Crippen LogP contribution in [-0.4, -0.2) is 32.4 Å². The molecule has 116 valence electrons. The van der Waals surface area contributed by atoms with Crippen LogP contribution in [0.15, 0.2) is 42.5 Å². The molecule has 2 aromatic carbocycles. The molecule has 2 rings (SSSR count). The number of amides is 2. The van der Waals surface area contributed by atoms with Crippen LogP contribution in [0.5, 0.6) is 17.2 Å². The third-order valence-corrected chi connectivity index (χ3v) is 3.18. The molecule has 0 atom stereocenters. The van der Waals surface area contributed by atoms with E-state index in [1.54, 1.807) is 44.5 Å². The number of nitrogens with zero attached hydrogens (tertiary/aromatic N) is 1. The average Bonchev–Trinajstić information content (AvgIpc) is 2.54. The molecule has 6 heteroatoms. The molecule has 6 nitrogen and oxygen atoms in total. The van der Waals surface area contributed by atoms with Crippen LogP contribution in [0.2, 0.25) is 0 Å². The summed E-state index contributed by atoms with van der Waals surface area (Å²) in [7, 11) is 4.73. The molecule has 0 unspecified atom stereocenters. The van der Waals surface area contributed by atoms with Gasteiger partial charge in [-0.3, -0.25) is 4.90 Å². The predicted molar refractivity (Wildman–Crippen MR) is 85.1 cm³/mol. The summed E-state index contributed by atoms with van der Waals surface area (Å²) in [5, 5.41) is 12.0. The molecule has 0 saturated heterocycles. The largest absolute Gasteiger partial charge is 0.508 e. The van der Waals surface area contributed by atoms with Crippen LogP contribution in [0.25, 0.3) is 0 Å². The van der Waals surface area contributed by atoms with Crippen molar-refractivity contribution in [3.63, 3.8) is 0 Å². The van der Waals surface area contributed by atoms with Crippen LogP contribution in [0.1, 0.15) is 0 Å². The molecule has 0 bridgehead atoms. The normalized spacial score (nSPS) is 9.95. The summed E-state index contributed by atoms with van der Waals surface area (Å²) in [6.45, 7) is 0. The molecule has 0 spiro atoms. The number of hydrogen-bond acceptors (Lipinski definition) is 4. The van der Waals surface area contributed by atoms with Crippen LogP contribution in [0, 0.1) is 0 Å². The van der Waals surface area contributed by atoms with E-state index in [1.807, 2.05) is 0 Å². The fourth-order valence-electron chi connectivity index (χ4n) is 1.91. The average molecular weight is 302 g/mol. The molecule has 2 amide bonds. The standard InChI is InChI=1S/C16H18N2O4/c1-18(12-5-7-13(19)8-6-12)16(20)17-11-4-9-14(21-2)15(10-11)22-3/h4-10,19H,1-3H3,(H,17,20). The lowest BCUT2D eigenvalue weighted by atomic mass is 10.2. The number of ether oxygens (including phenoxy) is 2. The number of carbonyl (C=O) groups is 1. The van der Waals surface area contributed by atoms with Gasteiger partial charge in [0.1, 0.15) is 5.75 Å². The molecule has 0 fully saturated rings. The van der Waals surface area contributed by atoms with Crippen molar-refractivity contribution in [1.29, 1.82) is 0 Å². The molecule has 0 aromatic heterocycles. The van der Waals surface area contributed by atoms with Gasteiger partial charge in [0.05, 0.1) is 14.2 Å². The molecule has 0 aliphatic rings. The Morgan fingerprint density at radius 1 is 1.05 bits per heavy atom. The summed E-state index contributed by atoms with van der Waals surface area (Å²) in [4.78, 5) is 13.7. The number of carbonyl (C=O) groups excluding carboxylic acids is 1. The van der Waals surface area contributed by atoms with Crippen LogP contribution in [-0.2, 0) is 0 Å². The van der Waals surface area contributed by atoms with E-state index in [1.165, 1.54) is 24.1 Å². The Balaban J connectivity index is 2.12. The number of hydrogen-bond donors (Lipinski definition) is 2. The molecule has 0 heterocycles. The number of benzene rings is 2. The smallest absolute Gasteiger partial charge is 0.326 e. The summed E-state index contributed by atoms with van der Waals surface area (Å²) < 4.78 is 10.4. The fourth-order valence-corrected chi connectivity index (χ4v) is 1.91. The Labute approximate surface area is 128 Å². The highest BCUT2D eigenvalue weighted by Crippen LogP contribution is 2.30. The number of urea groups is 1. The van der Waals surface area contributed by atoms with Crippen molar-refractivity contribution in [2.45, 2.75) is 0 Å². The minimum Gasteiger partial charge on any atom is -0.508 e. The van der Waals surface area contributed by atoms with Gasteiger partial charge in [0.2, 0.25) is 0 Å². The van der Waals surface area contributed by atoms with E-state index in [9.17, 15) is 9.90 Å². The van der Waals surface area contributed by atoms with Crippen LogP contribution in [0.4, 0.5) is 16.2 Å². The SMILES string of the molecule is COc1ccc(NC(=O)N(C)c2ccc(O)cc2)cc1OC. The second-order valence-corrected chi connectivity index (χ2v) is 4.58. The molecule has 2 aromatic rings. The van der Waals surface area contributed by atoms with Gasteiger partial charge in [-0.25, -0.2) is 4.79 Å². The van der Waals surface area contributed by atoms with Gasteiger partial charge in [-0.15, -0.1) is 0 Å². The summed E-state index contributed by atoms with van der Waals surface area (Å²) in [6.07, 6.45) is 0. The van der Waals surface area contributed by atoms with Gasteiger partial charge in [-0.1, -0.05) is 0 Å². The number of rotatable bonds is 4. The maximum Gasteiger partial charge on any atom is 0.326 e. The zero-order valence-electron chi connectivity index (χ0n) is 12.7. The summed E-state index contributed by atoms with van der Waals surface area (Å²) in [5.41, 5.74) is 1.25. The van der Waals surface area contributed by atoms with Crippen molar-refractivity contribution in [2.24, 2.45) is 0 Å². The molecular weight excluding hydrogens is 284 g/mol. The summed E-state index contributed by atoms with van der Waals surface area (Å²) >= 11 is 0. The first-order valence-electron chi connectivity index (χ1n) is 6.61. The van der Waals surface area contributed by atoms with Gasteiger partial charge in [0.25, 0.3) is 0 Å². The van der Waals surface area contributed by atoms with Crippen molar-refractivity contribution in [3.05, 3.63) is 42.5 Å². The van der Waals surface area contributed by atoms with Gasteiger partial charge in [-0.2, -0.15) is 0 Å². The van der Waals surface area contributed by atoms with Gasteiger partial charge < -0.3 is 19.9 Å². The number of phenols is 1. The Morgan fingerprint density at radius 2 is 1.68 bits per heavy atom. The topological polar surface area (TPSA) is 71.0 Å². The van der Waals surface area contributed by atoms with Crippen LogP contribution >= 0.6 is 0 Å². The zero-order valence-corrected chi connectivity index (χ0v) is 12.7. The van der Waals surface area contributed by atoms with Gasteiger partial charge in [0.15, 0.2) is 11.5 Å². The van der Waals surface area contributed by atoms with E-state index < -0.39 is 0 Å². The van der Waals surface area contributed by atoms with E-state index >= 15 is 0 Å². The minimum atomic E-state index is -0.307. The minimum absolute atomic E-state index is 0.150. The summed E-state index contributed by atoms with van der Waals surface area (Å²) in [5.74, 6) is 1.28. The number of methoxy groups -OCH3 is 2. The molecule has 0 aliphatic heterocycles. The lowest BCUT2D eigenvalue weighted by Gasteiger charge is -2.18. The Hall–Kier alpha value is -2.89. The van der Waals surface area contributed by atoms with E-state index in [2.05, 4.69) is 5.32 Å². The lowest BCUT2D eigenvalue weighted by Crippen LogP contribution is -2.31. The third kappa shape index (κ3) is 3.41. The Kier molecular flexibility index (Phi) is 4.73. The highest BCUT2D eigenvalue weighted by Gasteiger charge is 2.12. The molecular formula is C16H18N2O4. The highest BCUT2D eigenvalue weighted by molar-refractivity contribution is 6.01. The van der Waals surface area contributed by atoms with E-state index in [4.69, 9.17) is 9.47 Å². The van der Waals surface area contributed by atoms with Gasteiger partial charge in [0, 0.05) is 24.5 Å². The second kappa shape index (κ2) is 6.71. The van der Waals surface area contributed by atoms with Crippen molar-refractivity contribution < 1.29 is 19.4 Å². The first-order valence-corrected chi connectivity index (χ1v) is 6.61. The second-order valence-electron chi connectivity index (χ2n) is 4.58. The number of phenolic OH excluding ortho intramolecular Hbond substituents is 1. The molecule has 22 heavy (non-hydrogen) atoms. The maximum atomic E-state index is 12.2. The third-order valence-electron chi connectivity index (χ3n) is 3.18. The number of aromatic hydroxyl groups is 1.